The van der Waals surface area contributed by atoms with Crippen LogP contribution in [0.5, 0.6) is 0 Å². The number of hydrogen-bond acceptors (Lipinski definition) is 2. The molecule has 1 aromatic carbocycles. The van der Waals surface area contributed by atoms with Gasteiger partial charge in [0.2, 0.25) is 0 Å². The molecule has 0 radical (unpaired) electrons. The summed E-state index contributed by atoms with van der Waals surface area (Å²) in [6.07, 6.45) is 7.34. The van der Waals surface area contributed by atoms with Crippen LogP contribution >= 0.6 is 0 Å². The number of para-hydroxylation sites is 1. The van der Waals surface area contributed by atoms with Crippen molar-refractivity contribution in [3.8, 4) is 0 Å². The van der Waals surface area contributed by atoms with Gasteiger partial charge < -0.3 is 5.32 Å². The van der Waals surface area contributed by atoms with Gasteiger partial charge in [-0.15, -0.1) is 0 Å². The van der Waals surface area contributed by atoms with E-state index in [0.29, 0.717) is 6.04 Å². The van der Waals surface area contributed by atoms with Crippen LogP contribution < -0.4 is 5.32 Å². The molecule has 1 aliphatic heterocycles. The average Bonchev–Trinajstić information content (AvgIpc) is 3.15. The van der Waals surface area contributed by atoms with Gasteiger partial charge in [-0.05, 0) is 49.7 Å². The first kappa shape index (κ1) is 11.8. The maximum absolute atomic E-state index is 3.70. The van der Waals surface area contributed by atoms with Crippen LogP contribution in [0.2, 0.25) is 0 Å². The van der Waals surface area contributed by atoms with Gasteiger partial charge in [0.15, 0.2) is 0 Å². The molecule has 2 bridgehead atoms. The number of nitrogens with one attached hydrogen (secondary N) is 1. The Labute approximate surface area is 116 Å². The van der Waals surface area contributed by atoms with Crippen LogP contribution in [-0.4, -0.2) is 30.1 Å². The van der Waals surface area contributed by atoms with Gasteiger partial charge in [-0.25, -0.2) is 0 Å². The van der Waals surface area contributed by atoms with Crippen LogP contribution in [-0.2, 0) is 0 Å². The molecule has 2 saturated carbocycles. The Kier molecular flexibility index (Phi) is 2.99. The van der Waals surface area contributed by atoms with Crippen molar-refractivity contribution in [2.45, 2.75) is 44.2 Å². The molecule has 0 unspecified atom stereocenters. The minimum absolute atomic E-state index is 0.654. The first-order valence-corrected chi connectivity index (χ1v) is 7.94. The maximum Gasteiger partial charge on any atom is 0.0400 e. The second-order valence-electron chi connectivity index (χ2n) is 6.73. The Bertz CT molecular complexity index is 430. The molecule has 2 nitrogen and oxygen atoms in total. The Morgan fingerprint density at radius 3 is 2.63 bits per heavy atom. The third kappa shape index (κ3) is 2.27. The molecular formula is C17H24N2. The molecular weight excluding hydrogens is 232 g/mol. The van der Waals surface area contributed by atoms with Gasteiger partial charge in [0.05, 0.1) is 0 Å². The first-order valence-electron chi connectivity index (χ1n) is 7.94. The van der Waals surface area contributed by atoms with Crippen molar-refractivity contribution in [2.75, 3.05) is 18.4 Å². The molecule has 2 heteroatoms. The van der Waals surface area contributed by atoms with Gasteiger partial charge in [0.1, 0.15) is 0 Å². The minimum atomic E-state index is 0.654. The van der Waals surface area contributed by atoms with Gasteiger partial charge in [-0.2, -0.15) is 0 Å². The Hall–Kier alpha value is -1.02. The summed E-state index contributed by atoms with van der Waals surface area (Å²) in [5.41, 5.74) is 1.28. The predicted octanol–water partition coefficient (Wildman–Crippen LogP) is 3.36. The molecule has 1 heterocycles. The zero-order valence-electron chi connectivity index (χ0n) is 11.6. The summed E-state index contributed by atoms with van der Waals surface area (Å²) in [6, 6.07) is 12.3. The quantitative estimate of drug-likeness (QED) is 0.892. The van der Waals surface area contributed by atoms with E-state index < -0.39 is 0 Å². The first-order chi connectivity index (χ1) is 9.38. The molecule has 1 saturated heterocycles. The number of fused-ring (bicyclic) bond motifs is 2. The molecule has 2 aliphatic carbocycles. The molecule has 0 amide bonds. The van der Waals surface area contributed by atoms with Crippen molar-refractivity contribution in [1.82, 2.24) is 4.90 Å². The van der Waals surface area contributed by atoms with Gasteiger partial charge in [0, 0.05) is 30.9 Å². The fourth-order valence-electron chi connectivity index (χ4n) is 4.63. The van der Waals surface area contributed by atoms with Crippen molar-refractivity contribution in [2.24, 2.45) is 11.8 Å². The number of rotatable bonds is 3. The van der Waals surface area contributed by atoms with Crippen molar-refractivity contribution in [3.63, 3.8) is 0 Å². The SMILES string of the molecule is c1ccc(N[C@@H]2CCN([C@@H]3C[C@H]4CC[C@H]3C4)C2)cc1. The second kappa shape index (κ2) is 4.82. The van der Waals surface area contributed by atoms with E-state index in [1.807, 2.05) is 0 Å². The van der Waals surface area contributed by atoms with E-state index in [9.17, 15) is 0 Å². The van der Waals surface area contributed by atoms with Crippen molar-refractivity contribution < 1.29 is 0 Å². The molecule has 1 N–H and O–H groups in total. The predicted molar refractivity (Wildman–Crippen MR) is 79.3 cm³/mol. The lowest BCUT2D eigenvalue weighted by Crippen LogP contribution is -2.38. The van der Waals surface area contributed by atoms with Crippen LogP contribution in [0.25, 0.3) is 0 Å². The van der Waals surface area contributed by atoms with Crippen molar-refractivity contribution >= 4 is 5.69 Å². The largest absolute Gasteiger partial charge is 0.381 e. The summed E-state index contributed by atoms with van der Waals surface area (Å²) in [4.78, 5) is 2.78. The molecule has 0 aromatic heterocycles. The third-order valence-corrected chi connectivity index (χ3v) is 5.53. The van der Waals surface area contributed by atoms with Crippen LogP contribution in [0.4, 0.5) is 5.69 Å². The lowest BCUT2D eigenvalue weighted by molar-refractivity contribution is 0.174. The minimum Gasteiger partial charge on any atom is -0.381 e. The molecule has 4 rings (SSSR count). The fourth-order valence-corrected chi connectivity index (χ4v) is 4.63. The van der Waals surface area contributed by atoms with Crippen LogP contribution in [0.15, 0.2) is 30.3 Å². The van der Waals surface area contributed by atoms with Crippen LogP contribution in [0, 0.1) is 11.8 Å². The van der Waals surface area contributed by atoms with E-state index >= 15 is 0 Å². The standard InChI is InChI=1S/C17H24N2/c1-2-4-15(5-3-1)18-16-8-9-19(12-16)17-11-13-6-7-14(17)10-13/h1-5,13-14,16-18H,6-12H2/t13-,14-,16+,17+/m0/s1. The van der Waals surface area contributed by atoms with Gasteiger partial charge >= 0.3 is 0 Å². The molecule has 0 spiro atoms. The summed E-state index contributed by atoms with van der Waals surface area (Å²) in [5, 5.41) is 3.70. The number of anilines is 1. The average molecular weight is 256 g/mol. The summed E-state index contributed by atoms with van der Waals surface area (Å²) >= 11 is 0. The smallest absolute Gasteiger partial charge is 0.0400 e. The molecule has 3 fully saturated rings. The highest BCUT2D eigenvalue weighted by Gasteiger charge is 2.43. The highest BCUT2D eigenvalue weighted by molar-refractivity contribution is 5.43. The van der Waals surface area contributed by atoms with Crippen LogP contribution in [0.3, 0.4) is 0 Å². The summed E-state index contributed by atoms with van der Waals surface area (Å²) < 4.78 is 0. The maximum atomic E-state index is 3.70. The Morgan fingerprint density at radius 1 is 1.00 bits per heavy atom. The number of benzene rings is 1. The number of nitrogens with zero attached hydrogens (tertiary/aromatic N) is 1. The van der Waals surface area contributed by atoms with Gasteiger partial charge in [0.25, 0.3) is 0 Å². The fraction of sp³-hybridized carbons (Fsp3) is 0.647. The van der Waals surface area contributed by atoms with Crippen molar-refractivity contribution in [3.05, 3.63) is 30.3 Å². The highest BCUT2D eigenvalue weighted by Crippen LogP contribution is 2.47. The van der Waals surface area contributed by atoms with E-state index in [4.69, 9.17) is 0 Å². The highest BCUT2D eigenvalue weighted by atomic mass is 15.2. The molecule has 4 atom stereocenters. The number of hydrogen-bond donors (Lipinski definition) is 1. The summed E-state index contributed by atoms with van der Waals surface area (Å²) in [7, 11) is 0. The van der Waals surface area contributed by atoms with Crippen molar-refractivity contribution in [1.29, 1.82) is 0 Å². The lowest BCUT2D eigenvalue weighted by atomic mass is 9.94. The topological polar surface area (TPSA) is 15.3 Å². The van der Waals surface area contributed by atoms with E-state index in [1.54, 1.807) is 0 Å². The second-order valence-corrected chi connectivity index (χ2v) is 6.73. The normalized spacial score (nSPS) is 37.9. The molecule has 1 aromatic rings. The van der Waals surface area contributed by atoms with E-state index in [0.717, 1.165) is 17.9 Å². The third-order valence-electron chi connectivity index (χ3n) is 5.53. The molecule has 102 valence electrons. The van der Waals surface area contributed by atoms with E-state index in [2.05, 4.69) is 40.5 Å². The monoisotopic (exact) mass is 256 g/mol. The summed E-state index contributed by atoms with van der Waals surface area (Å²) in [5.74, 6) is 2.09. The van der Waals surface area contributed by atoms with E-state index in [1.165, 1.54) is 50.9 Å². The van der Waals surface area contributed by atoms with Crippen LogP contribution in [0.1, 0.15) is 32.1 Å². The zero-order chi connectivity index (χ0) is 12.7. The molecule has 19 heavy (non-hydrogen) atoms. The summed E-state index contributed by atoms with van der Waals surface area (Å²) in [6.45, 7) is 2.56. The number of likely N-dealkylation sites (tertiary alicyclic amines) is 1. The Morgan fingerprint density at radius 2 is 1.89 bits per heavy atom. The van der Waals surface area contributed by atoms with Gasteiger partial charge in [-0.1, -0.05) is 24.6 Å². The Balaban J connectivity index is 1.36. The lowest BCUT2D eigenvalue weighted by Gasteiger charge is -2.31. The zero-order valence-corrected chi connectivity index (χ0v) is 11.6. The van der Waals surface area contributed by atoms with Gasteiger partial charge in [-0.3, -0.25) is 4.90 Å². The van der Waals surface area contributed by atoms with E-state index in [-0.39, 0.29) is 0 Å². The molecule has 3 aliphatic rings.